The lowest BCUT2D eigenvalue weighted by molar-refractivity contribution is 0.488. The van der Waals surface area contributed by atoms with Crippen LogP contribution in [-0.4, -0.2) is 33.0 Å². The van der Waals surface area contributed by atoms with Gasteiger partial charge in [-0.2, -0.15) is 0 Å². The fourth-order valence-corrected chi connectivity index (χ4v) is 2.71. The lowest BCUT2D eigenvalue weighted by Gasteiger charge is -2.18. The third-order valence-corrected chi connectivity index (χ3v) is 3.90. The van der Waals surface area contributed by atoms with Gasteiger partial charge < -0.3 is 5.32 Å². The Morgan fingerprint density at radius 1 is 1.20 bits per heavy atom. The third-order valence-electron chi connectivity index (χ3n) is 2.92. The molecule has 0 amide bonds. The van der Waals surface area contributed by atoms with Crippen LogP contribution in [0.2, 0.25) is 0 Å². The Morgan fingerprint density at radius 3 is 2.30 bits per heavy atom. The Labute approximate surface area is 119 Å². The van der Waals surface area contributed by atoms with Crippen LogP contribution in [0.25, 0.3) is 0 Å². The molecule has 0 saturated carbocycles. The van der Waals surface area contributed by atoms with Crippen molar-refractivity contribution in [3.05, 3.63) is 35.4 Å². The van der Waals surface area contributed by atoms with Crippen LogP contribution >= 0.6 is 0 Å². The molecule has 1 aromatic carbocycles. The molecule has 0 aliphatic heterocycles. The van der Waals surface area contributed by atoms with E-state index in [1.165, 1.54) is 18.4 Å². The molecule has 0 aromatic heterocycles. The van der Waals surface area contributed by atoms with Crippen molar-refractivity contribution in [3.63, 3.8) is 0 Å². The van der Waals surface area contributed by atoms with E-state index in [0.717, 1.165) is 19.0 Å². The predicted octanol–water partition coefficient (Wildman–Crippen LogP) is 2.31. The molecule has 1 rings (SSSR count). The number of benzene rings is 1. The Balaban J connectivity index is 2.72. The van der Waals surface area contributed by atoms with Gasteiger partial charge in [0.1, 0.15) is 21.5 Å². The van der Waals surface area contributed by atoms with Gasteiger partial charge in [0.25, 0.3) is 0 Å². The maximum absolute atomic E-state index is 13.1. The number of hydrogen-bond acceptors (Lipinski definition) is 3. The van der Waals surface area contributed by atoms with Crippen LogP contribution in [0.5, 0.6) is 0 Å². The van der Waals surface area contributed by atoms with E-state index in [9.17, 15) is 17.2 Å². The fourth-order valence-electron chi connectivity index (χ4n) is 1.99. The van der Waals surface area contributed by atoms with Gasteiger partial charge in [0, 0.05) is 18.4 Å². The van der Waals surface area contributed by atoms with Crippen molar-refractivity contribution >= 4 is 9.84 Å². The molecule has 6 heteroatoms. The minimum absolute atomic E-state index is 0.0617. The second kappa shape index (κ2) is 7.69. The number of halogens is 2. The molecule has 0 aliphatic rings. The first-order valence-electron chi connectivity index (χ1n) is 6.66. The van der Waals surface area contributed by atoms with Crippen LogP contribution in [0.3, 0.4) is 0 Å². The second-order valence-corrected chi connectivity index (χ2v) is 7.31. The standard InChI is InChI=1S/C14H21F2NO2S/c1-3-5-17-14(4-6-20(2,18)19)9-11-7-12(15)10-13(16)8-11/h7-8,10,14,17H,3-6,9H2,1-2H3. The third kappa shape index (κ3) is 6.96. The summed E-state index contributed by atoms with van der Waals surface area (Å²) in [4.78, 5) is 0. The summed E-state index contributed by atoms with van der Waals surface area (Å²) in [6.07, 6.45) is 2.93. The molecule has 20 heavy (non-hydrogen) atoms. The van der Waals surface area contributed by atoms with Gasteiger partial charge in [-0.3, -0.25) is 0 Å². The maximum Gasteiger partial charge on any atom is 0.147 e. The van der Waals surface area contributed by atoms with E-state index in [4.69, 9.17) is 0 Å². The van der Waals surface area contributed by atoms with E-state index in [0.29, 0.717) is 18.4 Å². The zero-order valence-electron chi connectivity index (χ0n) is 11.8. The molecule has 0 aliphatic carbocycles. The number of rotatable bonds is 8. The summed E-state index contributed by atoms with van der Waals surface area (Å²) >= 11 is 0. The molecule has 0 fully saturated rings. The van der Waals surface area contributed by atoms with Crippen molar-refractivity contribution in [2.24, 2.45) is 0 Å². The highest BCUT2D eigenvalue weighted by molar-refractivity contribution is 7.90. The van der Waals surface area contributed by atoms with Crippen LogP contribution in [0.1, 0.15) is 25.3 Å². The number of hydrogen-bond donors (Lipinski definition) is 1. The fraction of sp³-hybridized carbons (Fsp3) is 0.571. The molecule has 0 spiro atoms. The van der Waals surface area contributed by atoms with Crippen molar-refractivity contribution in [2.45, 2.75) is 32.2 Å². The minimum Gasteiger partial charge on any atom is -0.314 e. The molecule has 0 saturated heterocycles. The first kappa shape index (κ1) is 17.0. The van der Waals surface area contributed by atoms with Crippen molar-refractivity contribution in [1.29, 1.82) is 0 Å². The quantitative estimate of drug-likeness (QED) is 0.801. The van der Waals surface area contributed by atoms with Crippen molar-refractivity contribution in [3.8, 4) is 0 Å². The average molecular weight is 305 g/mol. The molecule has 0 bridgehead atoms. The zero-order chi connectivity index (χ0) is 15.2. The molecule has 3 nitrogen and oxygen atoms in total. The zero-order valence-corrected chi connectivity index (χ0v) is 12.6. The van der Waals surface area contributed by atoms with Crippen LogP contribution in [0, 0.1) is 11.6 Å². The number of nitrogens with one attached hydrogen (secondary N) is 1. The van der Waals surface area contributed by atoms with Crippen LogP contribution in [-0.2, 0) is 16.3 Å². The van der Waals surface area contributed by atoms with Crippen molar-refractivity contribution < 1.29 is 17.2 Å². The van der Waals surface area contributed by atoms with E-state index in [1.807, 2.05) is 6.92 Å². The minimum atomic E-state index is -3.04. The molecule has 114 valence electrons. The topological polar surface area (TPSA) is 46.2 Å². The summed E-state index contributed by atoms with van der Waals surface area (Å²) in [5, 5.41) is 3.22. The van der Waals surface area contributed by atoms with Crippen molar-refractivity contribution in [1.82, 2.24) is 5.32 Å². The van der Waals surface area contributed by atoms with E-state index in [1.54, 1.807) is 0 Å². The highest BCUT2D eigenvalue weighted by Gasteiger charge is 2.13. The van der Waals surface area contributed by atoms with E-state index >= 15 is 0 Å². The van der Waals surface area contributed by atoms with E-state index < -0.39 is 21.5 Å². The Hall–Kier alpha value is -1.01. The second-order valence-electron chi connectivity index (χ2n) is 5.05. The molecule has 1 aromatic rings. The average Bonchev–Trinajstić information content (AvgIpc) is 2.30. The normalized spacial score (nSPS) is 13.4. The Kier molecular flexibility index (Phi) is 6.55. The highest BCUT2D eigenvalue weighted by Crippen LogP contribution is 2.12. The lowest BCUT2D eigenvalue weighted by atomic mass is 10.0. The maximum atomic E-state index is 13.1. The largest absolute Gasteiger partial charge is 0.314 e. The van der Waals surface area contributed by atoms with Gasteiger partial charge in [-0.15, -0.1) is 0 Å². The van der Waals surface area contributed by atoms with Crippen LogP contribution in [0.4, 0.5) is 8.78 Å². The van der Waals surface area contributed by atoms with Gasteiger partial charge in [-0.05, 0) is 43.5 Å². The summed E-state index contributed by atoms with van der Waals surface area (Å²) in [5.41, 5.74) is 0.532. The van der Waals surface area contributed by atoms with Gasteiger partial charge >= 0.3 is 0 Å². The van der Waals surface area contributed by atoms with E-state index in [-0.39, 0.29) is 11.8 Å². The number of sulfone groups is 1. The molecule has 1 atom stereocenters. The summed E-state index contributed by atoms with van der Waals surface area (Å²) in [6.45, 7) is 2.74. The smallest absolute Gasteiger partial charge is 0.147 e. The van der Waals surface area contributed by atoms with Crippen molar-refractivity contribution in [2.75, 3.05) is 18.6 Å². The first-order valence-corrected chi connectivity index (χ1v) is 8.72. The monoisotopic (exact) mass is 305 g/mol. The van der Waals surface area contributed by atoms with Gasteiger partial charge in [0.15, 0.2) is 0 Å². The molecular formula is C14H21F2NO2S. The molecule has 1 unspecified atom stereocenters. The summed E-state index contributed by atoms with van der Waals surface area (Å²) in [5.74, 6) is -1.17. The molecule has 1 N–H and O–H groups in total. The lowest BCUT2D eigenvalue weighted by Crippen LogP contribution is -2.33. The molecule has 0 heterocycles. The van der Waals surface area contributed by atoms with E-state index in [2.05, 4.69) is 5.32 Å². The van der Waals surface area contributed by atoms with Gasteiger partial charge in [0.05, 0.1) is 5.75 Å². The van der Waals surface area contributed by atoms with Gasteiger partial charge in [-0.1, -0.05) is 6.92 Å². The summed E-state index contributed by atoms with van der Waals surface area (Å²) in [6, 6.07) is 3.29. The molecular weight excluding hydrogens is 284 g/mol. The SMILES string of the molecule is CCCNC(CCS(C)(=O)=O)Cc1cc(F)cc(F)c1. The van der Waals surface area contributed by atoms with Gasteiger partial charge in [-0.25, -0.2) is 17.2 Å². The van der Waals surface area contributed by atoms with Crippen LogP contribution < -0.4 is 5.32 Å². The van der Waals surface area contributed by atoms with Gasteiger partial charge in [0.2, 0.25) is 0 Å². The highest BCUT2D eigenvalue weighted by atomic mass is 32.2. The summed E-state index contributed by atoms with van der Waals surface area (Å²) < 4.78 is 48.7. The Bertz CT molecular complexity index is 512. The first-order chi connectivity index (χ1) is 9.30. The predicted molar refractivity (Wildman–Crippen MR) is 76.5 cm³/mol. The Morgan fingerprint density at radius 2 is 1.80 bits per heavy atom. The van der Waals surface area contributed by atoms with Crippen LogP contribution in [0.15, 0.2) is 18.2 Å². The summed E-state index contributed by atoms with van der Waals surface area (Å²) in [7, 11) is -3.04. The molecule has 0 radical (unpaired) electrons.